The molecule has 0 fully saturated rings. The molecule has 0 atom stereocenters. The Morgan fingerprint density at radius 2 is 1.56 bits per heavy atom. The van der Waals surface area contributed by atoms with Crippen LogP contribution in [0.25, 0.3) is 0 Å². The van der Waals surface area contributed by atoms with E-state index in [1.807, 2.05) is 39.0 Å². The molecule has 0 radical (unpaired) electrons. The number of aromatic nitrogens is 2. The van der Waals surface area contributed by atoms with Crippen molar-refractivity contribution in [3.05, 3.63) is 64.7 Å². The molecule has 0 saturated carbocycles. The molecule has 0 bridgehead atoms. The Kier molecular flexibility index (Phi) is 5.24. The third-order valence-corrected chi connectivity index (χ3v) is 6.23. The highest BCUT2D eigenvalue weighted by Gasteiger charge is 2.21. The number of hydrogen-bond donors (Lipinski definition) is 2. The summed E-state index contributed by atoms with van der Waals surface area (Å²) in [6, 6.07) is 12.4. The number of rotatable bonds is 5. The van der Waals surface area contributed by atoms with Gasteiger partial charge in [-0.3, -0.25) is 14.8 Å². The molecule has 0 unspecified atom stereocenters. The van der Waals surface area contributed by atoms with Gasteiger partial charge >= 0.3 is 0 Å². The number of hydrogen-bond acceptors (Lipinski definition) is 6. The molecule has 1 amide bonds. The summed E-state index contributed by atoms with van der Waals surface area (Å²) in [5.74, 6) is -0.377. The number of anilines is 2. The number of sulfonamides is 1. The van der Waals surface area contributed by atoms with Crippen LogP contribution in [0, 0.1) is 20.8 Å². The number of benzene rings is 2. The zero-order valence-corrected chi connectivity index (χ0v) is 16.6. The van der Waals surface area contributed by atoms with Crippen molar-refractivity contribution in [2.45, 2.75) is 25.1 Å². The van der Waals surface area contributed by atoms with Crippen molar-refractivity contribution < 1.29 is 13.2 Å². The second kappa shape index (κ2) is 7.45. The van der Waals surface area contributed by atoms with Gasteiger partial charge in [-0.2, -0.15) is 8.42 Å². The maximum atomic E-state index is 12.5. The number of amides is 1. The van der Waals surface area contributed by atoms with Crippen LogP contribution in [0.1, 0.15) is 27.0 Å². The fourth-order valence-electron chi connectivity index (χ4n) is 2.48. The second-order valence-corrected chi connectivity index (χ2v) is 9.01. The topological polar surface area (TPSA) is 101 Å². The third-order valence-electron chi connectivity index (χ3n) is 3.64. The van der Waals surface area contributed by atoms with Gasteiger partial charge in [-0.25, -0.2) is 0 Å². The highest BCUT2D eigenvalue weighted by Crippen LogP contribution is 2.24. The standard InChI is InChI=1S/C18H18N4O3S2/c1-11-4-6-14(7-5-11)16(23)19-17-20-21-18(26-17)27(24,25)22-15-9-12(2)8-13(3)10-15/h4-10,22H,1-3H3,(H,19,20,23). The van der Waals surface area contributed by atoms with Crippen molar-refractivity contribution >= 4 is 38.1 Å². The summed E-state index contributed by atoms with van der Waals surface area (Å²) in [5, 5.41) is 10.1. The minimum atomic E-state index is -3.89. The normalized spacial score (nSPS) is 11.2. The van der Waals surface area contributed by atoms with Crippen LogP contribution in [-0.4, -0.2) is 24.5 Å². The maximum Gasteiger partial charge on any atom is 0.291 e. The van der Waals surface area contributed by atoms with Crippen LogP contribution in [0.2, 0.25) is 0 Å². The van der Waals surface area contributed by atoms with Crippen LogP contribution >= 0.6 is 11.3 Å². The molecule has 0 saturated heterocycles. The lowest BCUT2D eigenvalue weighted by Gasteiger charge is -2.07. The minimum absolute atomic E-state index is 0.112. The number of nitrogens with zero attached hydrogens (tertiary/aromatic N) is 2. The SMILES string of the molecule is Cc1ccc(C(=O)Nc2nnc(S(=O)(=O)Nc3cc(C)cc(C)c3)s2)cc1. The summed E-state index contributed by atoms with van der Waals surface area (Å²) in [5.41, 5.74) is 3.82. The molecular formula is C18H18N4O3S2. The maximum absolute atomic E-state index is 12.5. The zero-order chi connectivity index (χ0) is 19.6. The van der Waals surface area contributed by atoms with E-state index in [1.54, 1.807) is 24.3 Å². The first-order chi connectivity index (χ1) is 12.7. The van der Waals surface area contributed by atoms with Crippen LogP contribution in [-0.2, 0) is 10.0 Å². The zero-order valence-electron chi connectivity index (χ0n) is 15.0. The second-order valence-electron chi connectivity index (χ2n) is 6.18. The van der Waals surface area contributed by atoms with E-state index in [-0.39, 0.29) is 15.4 Å². The average Bonchev–Trinajstić information content (AvgIpc) is 3.03. The van der Waals surface area contributed by atoms with E-state index in [0.717, 1.165) is 28.0 Å². The van der Waals surface area contributed by atoms with Crippen LogP contribution in [0.5, 0.6) is 0 Å². The summed E-state index contributed by atoms with van der Waals surface area (Å²) < 4.78 is 27.3. The molecule has 9 heteroatoms. The quantitative estimate of drug-likeness (QED) is 0.636. The molecule has 7 nitrogen and oxygen atoms in total. The Balaban J connectivity index is 1.75. The van der Waals surface area contributed by atoms with E-state index in [0.29, 0.717) is 11.3 Å². The molecule has 27 heavy (non-hydrogen) atoms. The van der Waals surface area contributed by atoms with Gasteiger partial charge < -0.3 is 0 Å². The van der Waals surface area contributed by atoms with Gasteiger partial charge in [-0.05, 0) is 56.2 Å². The summed E-state index contributed by atoms with van der Waals surface area (Å²) in [7, 11) is -3.89. The molecule has 0 spiro atoms. The third kappa shape index (κ3) is 4.69. The fourth-order valence-corrected chi connectivity index (χ4v) is 4.41. The Morgan fingerprint density at radius 1 is 0.926 bits per heavy atom. The van der Waals surface area contributed by atoms with Crippen LogP contribution < -0.4 is 10.0 Å². The van der Waals surface area contributed by atoms with E-state index < -0.39 is 10.0 Å². The lowest BCUT2D eigenvalue weighted by Crippen LogP contribution is -2.13. The van der Waals surface area contributed by atoms with Gasteiger partial charge in [0.25, 0.3) is 20.3 Å². The first-order valence-electron chi connectivity index (χ1n) is 8.05. The molecule has 0 aliphatic rings. The summed E-state index contributed by atoms with van der Waals surface area (Å²) in [6.07, 6.45) is 0. The van der Waals surface area contributed by atoms with Crippen molar-refractivity contribution in [2.24, 2.45) is 0 Å². The molecule has 2 N–H and O–H groups in total. The Labute approximate surface area is 161 Å². The van der Waals surface area contributed by atoms with E-state index in [4.69, 9.17) is 0 Å². The summed E-state index contributed by atoms with van der Waals surface area (Å²) in [4.78, 5) is 12.2. The van der Waals surface area contributed by atoms with E-state index in [9.17, 15) is 13.2 Å². The largest absolute Gasteiger partial charge is 0.296 e. The fraction of sp³-hybridized carbons (Fsp3) is 0.167. The lowest BCUT2D eigenvalue weighted by atomic mass is 10.1. The highest BCUT2D eigenvalue weighted by molar-refractivity contribution is 7.94. The molecule has 0 aliphatic heterocycles. The molecule has 1 aromatic heterocycles. The number of nitrogens with one attached hydrogen (secondary N) is 2. The van der Waals surface area contributed by atoms with Gasteiger partial charge in [0.15, 0.2) is 0 Å². The van der Waals surface area contributed by atoms with Gasteiger partial charge in [0, 0.05) is 11.3 Å². The Hall–Kier alpha value is -2.78. The van der Waals surface area contributed by atoms with Gasteiger partial charge in [0.1, 0.15) is 0 Å². The van der Waals surface area contributed by atoms with Crippen molar-refractivity contribution in [1.29, 1.82) is 0 Å². The van der Waals surface area contributed by atoms with Crippen LogP contribution in [0.15, 0.2) is 46.8 Å². The van der Waals surface area contributed by atoms with Crippen molar-refractivity contribution in [1.82, 2.24) is 10.2 Å². The molecule has 0 aliphatic carbocycles. The molecule has 3 rings (SSSR count). The molecule has 3 aromatic rings. The first-order valence-corrected chi connectivity index (χ1v) is 10.4. The van der Waals surface area contributed by atoms with Gasteiger partial charge in [0.05, 0.1) is 0 Å². The van der Waals surface area contributed by atoms with E-state index in [1.165, 1.54) is 0 Å². The molecule has 140 valence electrons. The molecular weight excluding hydrogens is 384 g/mol. The van der Waals surface area contributed by atoms with Gasteiger partial charge in [0.2, 0.25) is 5.13 Å². The monoisotopic (exact) mass is 402 g/mol. The van der Waals surface area contributed by atoms with Crippen molar-refractivity contribution in [3.63, 3.8) is 0 Å². The molecule has 1 heterocycles. The van der Waals surface area contributed by atoms with Crippen LogP contribution in [0.3, 0.4) is 0 Å². The Bertz CT molecular complexity index is 1070. The van der Waals surface area contributed by atoms with Crippen LogP contribution in [0.4, 0.5) is 10.8 Å². The predicted molar refractivity (Wildman–Crippen MR) is 106 cm³/mol. The summed E-state index contributed by atoms with van der Waals surface area (Å²) >= 11 is 0.789. The number of aryl methyl sites for hydroxylation is 3. The van der Waals surface area contributed by atoms with Crippen molar-refractivity contribution in [2.75, 3.05) is 10.0 Å². The average molecular weight is 403 g/mol. The Morgan fingerprint density at radius 3 is 2.19 bits per heavy atom. The van der Waals surface area contributed by atoms with Gasteiger partial charge in [-0.1, -0.05) is 35.1 Å². The highest BCUT2D eigenvalue weighted by atomic mass is 32.2. The lowest BCUT2D eigenvalue weighted by molar-refractivity contribution is 0.102. The predicted octanol–water partition coefficient (Wildman–Crippen LogP) is 3.52. The van der Waals surface area contributed by atoms with E-state index in [2.05, 4.69) is 20.2 Å². The summed E-state index contributed by atoms with van der Waals surface area (Å²) in [6.45, 7) is 5.69. The first kappa shape index (κ1) is 19.0. The number of carbonyl (C=O) groups excluding carboxylic acids is 1. The van der Waals surface area contributed by atoms with E-state index >= 15 is 0 Å². The number of carbonyl (C=O) groups is 1. The minimum Gasteiger partial charge on any atom is -0.296 e. The smallest absolute Gasteiger partial charge is 0.291 e. The van der Waals surface area contributed by atoms with Crippen molar-refractivity contribution in [3.8, 4) is 0 Å². The van der Waals surface area contributed by atoms with Gasteiger partial charge in [-0.15, -0.1) is 10.2 Å². The molecule has 2 aromatic carbocycles.